The number of nitrogens with zero attached hydrogens (tertiary/aromatic N) is 1. The fourth-order valence-electron chi connectivity index (χ4n) is 3.02. The van der Waals surface area contributed by atoms with Gasteiger partial charge < -0.3 is 10.6 Å². The minimum Gasteiger partial charge on any atom is -0.328 e. The predicted molar refractivity (Wildman–Crippen MR) is 60.6 cm³/mol. The van der Waals surface area contributed by atoms with Gasteiger partial charge in [0, 0.05) is 19.1 Å². The second-order valence-corrected chi connectivity index (χ2v) is 5.18. The molecule has 3 heteroatoms. The summed E-state index contributed by atoms with van der Waals surface area (Å²) in [7, 11) is 0. The maximum absolute atomic E-state index is 14.1. The lowest BCUT2D eigenvalue weighted by Crippen LogP contribution is -2.37. The van der Waals surface area contributed by atoms with Gasteiger partial charge in [-0.1, -0.05) is 12.8 Å². The third kappa shape index (κ3) is 2.70. The van der Waals surface area contributed by atoms with Crippen LogP contribution in [0.2, 0.25) is 0 Å². The largest absolute Gasteiger partial charge is 0.328 e. The Kier molecular flexibility index (Phi) is 3.62. The lowest BCUT2D eigenvalue weighted by atomic mass is 9.97. The molecule has 2 nitrogen and oxygen atoms in total. The van der Waals surface area contributed by atoms with Gasteiger partial charge in [-0.3, -0.25) is 0 Å². The third-order valence-electron chi connectivity index (χ3n) is 4.12. The highest BCUT2D eigenvalue weighted by molar-refractivity contribution is 4.87. The molecule has 0 radical (unpaired) electrons. The van der Waals surface area contributed by atoms with Crippen molar-refractivity contribution in [3.8, 4) is 0 Å². The minimum absolute atomic E-state index is 0.200. The molecule has 1 aliphatic carbocycles. The molecule has 1 aliphatic heterocycles. The molecule has 2 N–H and O–H groups in total. The van der Waals surface area contributed by atoms with E-state index in [0.29, 0.717) is 12.8 Å². The van der Waals surface area contributed by atoms with Crippen molar-refractivity contribution in [1.29, 1.82) is 0 Å². The smallest absolute Gasteiger partial charge is 0.124 e. The molecule has 1 atom stereocenters. The van der Waals surface area contributed by atoms with Crippen LogP contribution in [-0.4, -0.2) is 36.2 Å². The van der Waals surface area contributed by atoms with Crippen molar-refractivity contribution < 1.29 is 4.39 Å². The summed E-state index contributed by atoms with van der Waals surface area (Å²) < 4.78 is 14.1. The zero-order valence-electron chi connectivity index (χ0n) is 9.55. The summed E-state index contributed by atoms with van der Waals surface area (Å²) in [5.41, 5.74) is 4.44. The molecule has 2 fully saturated rings. The standard InChI is InChI=1S/C12H23FN2/c13-12(10-14)6-3-8-15(9-7-12)11-4-1-2-5-11/h11H,1-10,14H2. The van der Waals surface area contributed by atoms with E-state index in [1.807, 2.05) is 0 Å². The van der Waals surface area contributed by atoms with Crippen molar-refractivity contribution in [3.05, 3.63) is 0 Å². The second-order valence-electron chi connectivity index (χ2n) is 5.18. The van der Waals surface area contributed by atoms with Crippen LogP contribution in [0.25, 0.3) is 0 Å². The topological polar surface area (TPSA) is 29.3 Å². The summed E-state index contributed by atoms with van der Waals surface area (Å²) in [4.78, 5) is 2.50. The zero-order valence-corrected chi connectivity index (χ0v) is 9.55. The van der Waals surface area contributed by atoms with Gasteiger partial charge in [-0.05, 0) is 38.6 Å². The summed E-state index contributed by atoms with van der Waals surface area (Å²) in [5.74, 6) is 0. The highest BCUT2D eigenvalue weighted by Gasteiger charge is 2.33. The summed E-state index contributed by atoms with van der Waals surface area (Å²) in [6.45, 7) is 2.19. The van der Waals surface area contributed by atoms with Crippen LogP contribution in [0.4, 0.5) is 4.39 Å². The molecular weight excluding hydrogens is 191 g/mol. The van der Waals surface area contributed by atoms with Gasteiger partial charge in [0.25, 0.3) is 0 Å². The Hall–Kier alpha value is -0.150. The van der Waals surface area contributed by atoms with E-state index in [1.165, 1.54) is 25.7 Å². The van der Waals surface area contributed by atoms with Crippen LogP contribution < -0.4 is 5.73 Å². The maximum atomic E-state index is 14.1. The Labute approximate surface area is 92.0 Å². The van der Waals surface area contributed by atoms with Gasteiger partial charge in [-0.15, -0.1) is 0 Å². The lowest BCUT2D eigenvalue weighted by Gasteiger charge is -2.27. The van der Waals surface area contributed by atoms with E-state index in [4.69, 9.17) is 5.73 Å². The van der Waals surface area contributed by atoms with E-state index in [2.05, 4.69) is 4.90 Å². The molecule has 0 amide bonds. The molecule has 0 spiro atoms. The molecule has 1 saturated carbocycles. The van der Waals surface area contributed by atoms with Gasteiger partial charge >= 0.3 is 0 Å². The first-order valence-electron chi connectivity index (χ1n) is 6.37. The highest BCUT2D eigenvalue weighted by atomic mass is 19.1. The number of rotatable bonds is 2. The van der Waals surface area contributed by atoms with Gasteiger partial charge in [0.1, 0.15) is 5.67 Å². The zero-order chi connectivity index (χ0) is 10.7. The summed E-state index contributed by atoms with van der Waals surface area (Å²) in [6.07, 6.45) is 7.64. The molecule has 1 heterocycles. The van der Waals surface area contributed by atoms with Crippen molar-refractivity contribution in [1.82, 2.24) is 4.90 Å². The lowest BCUT2D eigenvalue weighted by molar-refractivity contribution is 0.140. The van der Waals surface area contributed by atoms with E-state index in [9.17, 15) is 4.39 Å². The van der Waals surface area contributed by atoms with E-state index < -0.39 is 5.67 Å². The number of halogens is 1. The van der Waals surface area contributed by atoms with Crippen LogP contribution in [0.1, 0.15) is 44.9 Å². The second kappa shape index (κ2) is 4.79. The van der Waals surface area contributed by atoms with Crippen LogP contribution >= 0.6 is 0 Å². The molecule has 0 aromatic heterocycles. The Bertz CT molecular complexity index is 204. The quantitative estimate of drug-likeness (QED) is 0.762. The molecule has 0 aromatic carbocycles. The first-order valence-corrected chi connectivity index (χ1v) is 6.37. The van der Waals surface area contributed by atoms with Gasteiger partial charge in [0.2, 0.25) is 0 Å². The highest BCUT2D eigenvalue weighted by Crippen LogP contribution is 2.30. The molecule has 15 heavy (non-hydrogen) atoms. The first kappa shape index (κ1) is 11.3. The number of hydrogen-bond acceptors (Lipinski definition) is 2. The molecule has 1 saturated heterocycles. The van der Waals surface area contributed by atoms with Gasteiger partial charge in [-0.2, -0.15) is 0 Å². The SMILES string of the molecule is NCC1(F)CCCN(C2CCCC2)CC1. The number of likely N-dealkylation sites (tertiary alicyclic amines) is 1. The van der Waals surface area contributed by atoms with Crippen molar-refractivity contribution in [2.75, 3.05) is 19.6 Å². The van der Waals surface area contributed by atoms with Crippen LogP contribution in [0, 0.1) is 0 Å². The van der Waals surface area contributed by atoms with Crippen LogP contribution in [0.15, 0.2) is 0 Å². The van der Waals surface area contributed by atoms with E-state index in [1.54, 1.807) is 0 Å². The van der Waals surface area contributed by atoms with Crippen molar-refractivity contribution in [3.63, 3.8) is 0 Å². The average molecular weight is 214 g/mol. The Balaban J connectivity index is 1.89. The van der Waals surface area contributed by atoms with E-state index in [0.717, 1.165) is 25.6 Å². The van der Waals surface area contributed by atoms with E-state index >= 15 is 0 Å². The summed E-state index contributed by atoms with van der Waals surface area (Å²) >= 11 is 0. The minimum atomic E-state index is -1.08. The monoisotopic (exact) mass is 214 g/mol. The van der Waals surface area contributed by atoms with Crippen molar-refractivity contribution >= 4 is 0 Å². The molecule has 88 valence electrons. The predicted octanol–water partition coefficient (Wildman–Crippen LogP) is 2.08. The summed E-state index contributed by atoms with van der Waals surface area (Å²) in [6, 6.07) is 0.741. The third-order valence-corrected chi connectivity index (χ3v) is 4.12. The fourth-order valence-corrected chi connectivity index (χ4v) is 3.02. The van der Waals surface area contributed by atoms with Crippen LogP contribution in [0.5, 0.6) is 0 Å². The van der Waals surface area contributed by atoms with Crippen LogP contribution in [-0.2, 0) is 0 Å². The Morgan fingerprint density at radius 1 is 1.13 bits per heavy atom. The van der Waals surface area contributed by atoms with Gasteiger partial charge in [0.05, 0.1) is 0 Å². The average Bonchev–Trinajstić information content (AvgIpc) is 2.70. The molecule has 1 unspecified atom stereocenters. The number of alkyl halides is 1. The molecule has 0 aromatic rings. The maximum Gasteiger partial charge on any atom is 0.124 e. The summed E-state index contributed by atoms with van der Waals surface area (Å²) in [5, 5.41) is 0. The molecule has 2 aliphatic rings. The molecule has 2 rings (SSSR count). The van der Waals surface area contributed by atoms with Crippen molar-refractivity contribution in [2.45, 2.75) is 56.7 Å². The van der Waals surface area contributed by atoms with Gasteiger partial charge in [0.15, 0.2) is 0 Å². The normalized spacial score (nSPS) is 35.6. The van der Waals surface area contributed by atoms with E-state index in [-0.39, 0.29) is 6.54 Å². The van der Waals surface area contributed by atoms with Gasteiger partial charge in [-0.25, -0.2) is 4.39 Å². The molecular formula is C12H23FN2. The Morgan fingerprint density at radius 3 is 2.53 bits per heavy atom. The van der Waals surface area contributed by atoms with Crippen LogP contribution in [0.3, 0.4) is 0 Å². The number of hydrogen-bond donors (Lipinski definition) is 1. The number of nitrogens with two attached hydrogens (primary N) is 1. The fraction of sp³-hybridized carbons (Fsp3) is 1.00. The van der Waals surface area contributed by atoms with Crippen molar-refractivity contribution in [2.24, 2.45) is 5.73 Å². The Morgan fingerprint density at radius 2 is 1.87 bits per heavy atom. The molecule has 0 bridgehead atoms. The first-order chi connectivity index (χ1) is 7.23.